The van der Waals surface area contributed by atoms with Gasteiger partial charge in [-0.15, -0.1) is 0 Å². The first-order valence-electron chi connectivity index (χ1n) is 5.19. The van der Waals surface area contributed by atoms with Crippen molar-refractivity contribution in [2.45, 2.75) is 0 Å². The van der Waals surface area contributed by atoms with Crippen molar-refractivity contribution in [3.05, 3.63) is 41.1 Å². The number of carbonyl (C=O) groups is 1. The lowest BCUT2D eigenvalue weighted by Gasteiger charge is -2.04. The normalized spacial score (nSPS) is 10.1. The zero-order valence-corrected chi connectivity index (χ0v) is 10.9. The Kier molecular flexibility index (Phi) is 3.88. The molecule has 6 heteroatoms. The van der Waals surface area contributed by atoms with E-state index in [0.29, 0.717) is 5.95 Å². The van der Waals surface area contributed by atoms with E-state index in [1.165, 1.54) is 0 Å². The van der Waals surface area contributed by atoms with E-state index < -0.39 is 5.97 Å². The summed E-state index contributed by atoms with van der Waals surface area (Å²) < 4.78 is 0.980. The van der Waals surface area contributed by atoms with Crippen molar-refractivity contribution in [2.75, 3.05) is 11.9 Å². The summed E-state index contributed by atoms with van der Waals surface area (Å²) in [6.45, 7) is -0.198. The number of aromatic nitrogens is 2. The summed E-state index contributed by atoms with van der Waals surface area (Å²) in [7, 11) is 0. The number of aliphatic carboxylic acids is 1. The van der Waals surface area contributed by atoms with Crippen LogP contribution in [-0.2, 0) is 4.79 Å². The van der Waals surface area contributed by atoms with E-state index >= 15 is 0 Å². The zero-order valence-electron chi connectivity index (χ0n) is 9.30. The summed E-state index contributed by atoms with van der Waals surface area (Å²) >= 11 is 3.40. The van der Waals surface area contributed by atoms with Gasteiger partial charge in [0.05, 0.1) is 0 Å². The molecule has 0 radical (unpaired) electrons. The van der Waals surface area contributed by atoms with Crippen molar-refractivity contribution in [3.8, 4) is 11.1 Å². The van der Waals surface area contributed by atoms with Gasteiger partial charge in [0.1, 0.15) is 6.54 Å². The van der Waals surface area contributed by atoms with Gasteiger partial charge in [-0.2, -0.15) is 0 Å². The lowest BCUT2D eigenvalue weighted by Crippen LogP contribution is -2.14. The molecule has 0 aliphatic rings. The van der Waals surface area contributed by atoms with Crippen LogP contribution in [0, 0.1) is 0 Å². The van der Waals surface area contributed by atoms with Crippen molar-refractivity contribution >= 4 is 27.8 Å². The molecule has 0 fully saturated rings. The Hall–Kier alpha value is -1.95. The average molecular weight is 308 g/mol. The van der Waals surface area contributed by atoms with Gasteiger partial charge >= 0.3 is 5.97 Å². The predicted molar refractivity (Wildman–Crippen MR) is 71.3 cm³/mol. The molecule has 2 rings (SSSR count). The number of carboxylic acids is 1. The quantitative estimate of drug-likeness (QED) is 0.907. The zero-order chi connectivity index (χ0) is 13.0. The van der Waals surface area contributed by atoms with Crippen LogP contribution in [0.5, 0.6) is 0 Å². The molecule has 0 unspecified atom stereocenters. The number of nitrogens with zero attached hydrogens (tertiary/aromatic N) is 2. The molecular formula is C12H10BrN3O2. The molecule has 1 heterocycles. The van der Waals surface area contributed by atoms with Crippen LogP contribution in [0.15, 0.2) is 41.1 Å². The van der Waals surface area contributed by atoms with Gasteiger partial charge in [0.25, 0.3) is 0 Å². The first kappa shape index (κ1) is 12.5. The fourth-order valence-electron chi connectivity index (χ4n) is 1.39. The third-order valence-electron chi connectivity index (χ3n) is 2.21. The lowest BCUT2D eigenvalue weighted by molar-refractivity contribution is -0.134. The van der Waals surface area contributed by atoms with Crippen molar-refractivity contribution in [3.63, 3.8) is 0 Å². The van der Waals surface area contributed by atoms with E-state index in [-0.39, 0.29) is 6.54 Å². The van der Waals surface area contributed by atoms with Gasteiger partial charge in [-0.05, 0) is 17.7 Å². The number of hydrogen-bond donors (Lipinski definition) is 2. The molecule has 0 saturated carbocycles. The van der Waals surface area contributed by atoms with Gasteiger partial charge in [-0.3, -0.25) is 4.79 Å². The monoisotopic (exact) mass is 307 g/mol. The maximum absolute atomic E-state index is 10.4. The van der Waals surface area contributed by atoms with Gasteiger partial charge in [0.15, 0.2) is 0 Å². The predicted octanol–water partition coefficient (Wildman–Crippen LogP) is 2.40. The molecule has 0 amide bonds. The largest absolute Gasteiger partial charge is 0.480 e. The molecule has 0 aliphatic carbocycles. The third kappa shape index (κ3) is 3.27. The van der Waals surface area contributed by atoms with E-state index in [4.69, 9.17) is 5.11 Å². The Morgan fingerprint density at radius 1 is 1.28 bits per heavy atom. The van der Waals surface area contributed by atoms with E-state index in [2.05, 4.69) is 31.2 Å². The van der Waals surface area contributed by atoms with Gasteiger partial charge in [0, 0.05) is 22.4 Å². The fraction of sp³-hybridized carbons (Fsp3) is 0.0833. The van der Waals surface area contributed by atoms with Crippen LogP contribution in [-0.4, -0.2) is 27.6 Å². The van der Waals surface area contributed by atoms with Crippen LogP contribution in [0.1, 0.15) is 0 Å². The van der Waals surface area contributed by atoms with E-state index in [1.54, 1.807) is 12.4 Å². The number of halogens is 1. The second kappa shape index (κ2) is 5.59. The molecule has 0 atom stereocenters. The highest BCUT2D eigenvalue weighted by atomic mass is 79.9. The molecule has 0 aliphatic heterocycles. The van der Waals surface area contributed by atoms with Crippen molar-refractivity contribution in [1.82, 2.24) is 9.97 Å². The molecule has 1 aromatic heterocycles. The molecule has 2 aromatic rings. The summed E-state index contributed by atoms with van der Waals surface area (Å²) in [6.07, 6.45) is 3.30. The number of carboxylic acid groups (broad SMARTS) is 1. The Bertz CT molecular complexity index is 558. The summed E-state index contributed by atoms with van der Waals surface area (Å²) in [5.74, 6) is -0.647. The third-order valence-corrected chi connectivity index (χ3v) is 2.70. The molecule has 18 heavy (non-hydrogen) atoms. The van der Waals surface area contributed by atoms with Gasteiger partial charge in [-0.25, -0.2) is 9.97 Å². The maximum Gasteiger partial charge on any atom is 0.322 e. The summed E-state index contributed by atoms with van der Waals surface area (Å²) in [6, 6.07) is 7.78. The highest BCUT2D eigenvalue weighted by Crippen LogP contribution is 2.21. The van der Waals surface area contributed by atoms with Crippen LogP contribution < -0.4 is 5.32 Å². The standard InChI is InChI=1S/C12H10BrN3O2/c13-10-3-1-2-8(4-10)9-5-14-12(15-6-9)16-7-11(17)18/h1-6H,7H2,(H,17,18)(H,14,15,16). The molecule has 2 N–H and O–H groups in total. The van der Waals surface area contributed by atoms with Gasteiger partial charge in [0.2, 0.25) is 5.95 Å². The Morgan fingerprint density at radius 3 is 2.61 bits per heavy atom. The summed E-state index contributed by atoms with van der Waals surface area (Å²) in [5, 5.41) is 11.1. The molecule has 0 saturated heterocycles. The Balaban J connectivity index is 2.14. The van der Waals surface area contributed by atoms with Crippen molar-refractivity contribution < 1.29 is 9.90 Å². The Morgan fingerprint density at radius 2 is 2.00 bits per heavy atom. The molecule has 1 aromatic carbocycles. The minimum atomic E-state index is -0.949. The number of rotatable bonds is 4. The highest BCUT2D eigenvalue weighted by Gasteiger charge is 2.02. The molecule has 5 nitrogen and oxygen atoms in total. The minimum Gasteiger partial charge on any atom is -0.480 e. The summed E-state index contributed by atoms with van der Waals surface area (Å²) in [5.41, 5.74) is 1.87. The average Bonchev–Trinajstić information content (AvgIpc) is 2.37. The molecular weight excluding hydrogens is 298 g/mol. The van der Waals surface area contributed by atoms with Crippen LogP contribution in [0.3, 0.4) is 0 Å². The minimum absolute atomic E-state index is 0.198. The second-order valence-electron chi connectivity index (χ2n) is 3.55. The van der Waals surface area contributed by atoms with Gasteiger partial charge in [-0.1, -0.05) is 28.1 Å². The molecule has 0 bridgehead atoms. The summed E-state index contributed by atoms with van der Waals surface area (Å²) in [4.78, 5) is 18.5. The van der Waals surface area contributed by atoms with Crippen molar-refractivity contribution in [2.24, 2.45) is 0 Å². The van der Waals surface area contributed by atoms with E-state index in [0.717, 1.165) is 15.6 Å². The Labute approximate surface area is 112 Å². The number of benzene rings is 1. The van der Waals surface area contributed by atoms with Gasteiger partial charge < -0.3 is 10.4 Å². The smallest absolute Gasteiger partial charge is 0.322 e. The fourth-order valence-corrected chi connectivity index (χ4v) is 1.79. The SMILES string of the molecule is O=C(O)CNc1ncc(-c2cccc(Br)c2)cn1. The lowest BCUT2D eigenvalue weighted by atomic mass is 10.1. The number of anilines is 1. The van der Waals surface area contributed by atoms with E-state index in [9.17, 15) is 4.79 Å². The van der Waals surface area contributed by atoms with E-state index in [1.807, 2.05) is 24.3 Å². The van der Waals surface area contributed by atoms with Crippen LogP contribution >= 0.6 is 15.9 Å². The highest BCUT2D eigenvalue weighted by molar-refractivity contribution is 9.10. The van der Waals surface area contributed by atoms with Crippen LogP contribution in [0.25, 0.3) is 11.1 Å². The molecule has 92 valence electrons. The van der Waals surface area contributed by atoms with Crippen molar-refractivity contribution in [1.29, 1.82) is 0 Å². The first-order chi connectivity index (χ1) is 8.65. The first-order valence-corrected chi connectivity index (χ1v) is 5.98. The van der Waals surface area contributed by atoms with Crippen LogP contribution in [0.2, 0.25) is 0 Å². The maximum atomic E-state index is 10.4. The second-order valence-corrected chi connectivity index (χ2v) is 4.47. The number of hydrogen-bond acceptors (Lipinski definition) is 4. The topological polar surface area (TPSA) is 75.1 Å². The molecule has 0 spiro atoms. The number of nitrogens with one attached hydrogen (secondary N) is 1. The van der Waals surface area contributed by atoms with Crippen LogP contribution in [0.4, 0.5) is 5.95 Å².